The van der Waals surface area contributed by atoms with Gasteiger partial charge in [-0.2, -0.15) is 0 Å². The van der Waals surface area contributed by atoms with Crippen molar-refractivity contribution in [3.05, 3.63) is 46.4 Å². The molecule has 1 heterocycles. The van der Waals surface area contributed by atoms with Crippen LogP contribution in [0.25, 0.3) is 0 Å². The van der Waals surface area contributed by atoms with Crippen molar-refractivity contribution in [2.24, 2.45) is 0 Å². The van der Waals surface area contributed by atoms with Crippen LogP contribution in [0, 0.1) is 0 Å². The summed E-state index contributed by atoms with van der Waals surface area (Å²) >= 11 is 0. The fourth-order valence-corrected chi connectivity index (χ4v) is 0.954. The molecule has 0 fully saturated rings. The molecule has 0 unspecified atom stereocenters. The third-order valence-corrected chi connectivity index (χ3v) is 1.57. The Morgan fingerprint density at radius 3 is 2.85 bits per heavy atom. The first kappa shape index (κ1) is 9.25. The molecule has 0 radical (unpaired) electrons. The summed E-state index contributed by atoms with van der Waals surface area (Å²) in [5.74, 6) is -1.22. The van der Waals surface area contributed by atoms with Gasteiger partial charge in [0.2, 0.25) is 0 Å². The Morgan fingerprint density at radius 2 is 2.38 bits per heavy atom. The molecule has 0 saturated heterocycles. The lowest BCUT2D eigenvalue weighted by Gasteiger charge is -1.97. The Labute approximate surface area is 74.5 Å². The standard InChI is InChI=1S/C9H9NO3/c1-2-3-6-4-8(11)7(5-10-6)9(12)13/h2,4-5H,1,3H2,(H,10,11)(H,12,13). The summed E-state index contributed by atoms with van der Waals surface area (Å²) in [4.78, 5) is 24.3. The molecule has 0 bridgehead atoms. The number of H-pyrrole nitrogens is 1. The number of hydrogen-bond donors (Lipinski definition) is 2. The number of allylic oxidation sites excluding steroid dienone is 1. The fraction of sp³-hybridized carbons (Fsp3) is 0.111. The van der Waals surface area contributed by atoms with Crippen molar-refractivity contribution in [3.63, 3.8) is 0 Å². The number of aromatic carboxylic acids is 1. The maximum absolute atomic E-state index is 11.1. The quantitative estimate of drug-likeness (QED) is 0.674. The number of aromatic nitrogens is 1. The predicted octanol–water partition coefficient (Wildman–Crippen LogP) is 0.802. The summed E-state index contributed by atoms with van der Waals surface area (Å²) in [6, 6.07) is 1.27. The van der Waals surface area contributed by atoms with E-state index in [0.29, 0.717) is 12.1 Å². The van der Waals surface area contributed by atoms with Gasteiger partial charge in [0.15, 0.2) is 5.43 Å². The first-order chi connectivity index (χ1) is 6.15. The number of carboxylic acids is 1. The van der Waals surface area contributed by atoms with Crippen LogP contribution in [0.15, 0.2) is 29.7 Å². The van der Waals surface area contributed by atoms with E-state index < -0.39 is 11.4 Å². The number of hydrogen-bond acceptors (Lipinski definition) is 2. The molecular formula is C9H9NO3. The van der Waals surface area contributed by atoms with Crippen molar-refractivity contribution >= 4 is 5.97 Å². The van der Waals surface area contributed by atoms with Crippen LogP contribution >= 0.6 is 0 Å². The van der Waals surface area contributed by atoms with Gasteiger partial charge in [-0.15, -0.1) is 6.58 Å². The fourth-order valence-electron chi connectivity index (χ4n) is 0.954. The van der Waals surface area contributed by atoms with Crippen molar-refractivity contribution in [1.29, 1.82) is 0 Å². The van der Waals surface area contributed by atoms with Crippen LogP contribution in [-0.2, 0) is 6.42 Å². The third-order valence-electron chi connectivity index (χ3n) is 1.57. The molecule has 1 rings (SSSR count). The van der Waals surface area contributed by atoms with Gasteiger partial charge in [-0.05, 0) is 0 Å². The highest BCUT2D eigenvalue weighted by molar-refractivity contribution is 5.86. The molecule has 0 aliphatic rings. The SMILES string of the molecule is C=CCc1cc(=O)c(C(=O)O)c[nH]1. The van der Waals surface area contributed by atoms with Crippen LogP contribution in [0.5, 0.6) is 0 Å². The molecule has 13 heavy (non-hydrogen) atoms. The molecule has 0 atom stereocenters. The Hall–Kier alpha value is -1.84. The normalized spacial score (nSPS) is 9.54. The zero-order chi connectivity index (χ0) is 9.84. The maximum atomic E-state index is 11.1. The summed E-state index contributed by atoms with van der Waals surface area (Å²) in [5, 5.41) is 8.55. The van der Waals surface area contributed by atoms with Gasteiger partial charge < -0.3 is 10.1 Å². The van der Waals surface area contributed by atoms with Gasteiger partial charge in [-0.1, -0.05) is 6.08 Å². The van der Waals surface area contributed by atoms with Crippen LogP contribution in [0.3, 0.4) is 0 Å². The molecule has 1 aromatic heterocycles. The van der Waals surface area contributed by atoms with E-state index in [0.717, 1.165) is 0 Å². The topological polar surface area (TPSA) is 70.2 Å². The van der Waals surface area contributed by atoms with E-state index in [-0.39, 0.29) is 5.56 Å². The van der Waals surface area contributed by atoms with Crippen LogP contribution in [0.4, 0.5) is 0 Å². The maximum Gasteiger partial charge on any atom is 0.341 e. The Morgan fingerprint density at radius 1 is 1.69 bits per heavy atom. The summed E-state index contributed by atoms with van der Waals surface area (Å²) in [6.07, 6.45) is 3.35. The van der Waals surface area contributed by atoms with Crippen LogP contribution in [0.1, 0.15) is 16.1 Å². The van der Waals surface area contributed by atoms with E-state index in [9.17, 15) is 9.59 Å². The smallest absolute Gasteiger partial charge is 0.341 e. The lowest BCUT2D eigenvalue weighted by Crippen LogP contribution is -2.15. The Balaban J connectivity index is 3.13. The molecule has 0 aliphatic carbocycles. The van der Waals surface area contributed by atoms with Crippen molar-refractivity contribution in [2.75, 3.05) is 0 Å². The second-order valence-electron chi connectivity index (χ2n) is 2.53. The van der Waals surface area contributed by atoms with Crippen molar-refractivity contribution in [1.82, 2.24) is 4.98 Å². The average molecular weight is 179 g/mol. The summed E-state index contributed by atoms with van der Waals surface area (Å²) in [5.41, 5.74) is -0.0686. The number of nitrogens with one attached hydrogen (secondary N) is 1. The molecular weight excluding hydrogens is 170 g/mol. The minimum absolute atomic E-state index is 0.243. The molecule has 0 aromatic carbocycles. The first-order valence-corrected chi connectivity index (χ1v) is 3.71. The number of rotatable bonds is 3. The monoisotopic (exact) mass is 179 g/mol. The van der Waals surface area contributed by atoms with Gasteiger partial charge in [0.25, 0.3) is 0 Å². The van der Waals surface area contributed by atoms with E-state index in [1.165, 1.54) is 12.3 Å². The zero-order valence-electron chi connectivity index (χ0n) is 6.91. The molecule has 68 valence electrons. The minimum Gasteiger partial charge on any atom is -0.477 e. The van der Waals surface area contributed by atoms with E-state index in [2.05, 4.69) is 11.6 Å². The molecule has 1 aromatic rings. The van der Waals surface area contributed by atoms with Crippen molar-refractivity contribution in [3.8, 4) is 0 Å². The molecule has 4 heteroatoms. The van der Waals surface area contributed by atoms with E-state index >= 15 is 0 Å². The zero-order valence-corrected chi connectivity index (χ0v) is 6.91. The second kappa shape index (κ2) is 3.71. The molecule has 4 nitrogen and oxygen atoms in total. The second-order valence-corrected chi connectivity index (χ2v) is 2.53. The molecule has 0 spiro atoms. The summed E-state index contributed by atoms with van der Waals surface area (Å²) in [7, 11) is 0. The summed E-state index contributed by atoms with van der Waals surface area (Å²) < 4.78 is 0. The number of carbonyl (C=O) groups is 1. The largest absolute Gasteiger partial charge is 0.477 e. The third kappa shape index (κ3) is 2.05. The van der Waals surface area contributed by atoms with Gasteiger partial charge in [0, 0.05) is 24.4 Å². The highest BCUT2D eigenvalue weighted by atomic mass is 16.4. The first-order valence-electron chi connectivity index (χ1n) is 3.71. The average Bonchev–Trinajstić information content (AvgIpc) is 2.04. The lowest BCUT2D eigenvalue weighted by molar-refractivity contribution is 0.0695. The van der Waals surface area contributed by atoms with Gasteiger partial charge in [-0.25, -0.2) is 4.79 Å². The molecule has 2 N–H and O–H groups in total. The Kier molecular flexibility index (Phi) is 2.64. The van der Waals surface area contributed by atoms with Gasteiger partial charge in [-0.3, -0.25) is 4.79 Å². The lowest BCUT2D eigenvalue weighted by atomic mass is 10.2. The Bertz CT molecular complexity index is 392. The highest BCUT2D eigenvalue weighted by Crippen LogP contribution is 1.95. The predicted molar refractivity (Wildman–Crippen MR) is 47.9 cm³/mol. The van der Waals surface area contributed by atoms with E-state index in [4.69, 9.17) is 5.11 Å². The molecule has 0 amide bonds. The number of carboxylic acid groups (broad SMARTS) is 1. The van der Waals surface area contributed by atoms with Crippen LogP contribution in [0.2, 0.25) is 0 Å². The van der Waals surface area contributed by atoms with E-state index in [1.807, 2.05) is 0 Å². The van der Waals surface area contributed by atoms with E-state index in [1.54, 1.807) is 6.08 Å². The molecule has 0 aliphatic heterocycles. The number of pyridine rings is 1. The van der Waals surface area contributed by atoms with Crippen LogP contribution in [-0.4, -0.2) is 16.1 Å². The van der Waals surface area contributed by atoms with Gasteiger partial charge in [0.05, 0.1) is 0 Å². The molecule has 0 saturated carbocycles. The van der Waals surface area contributed by atoms with Crippen molar-refractivity contribution < 1.29 is 9.90 Å². The minimum atomic E-state index is -1.22. The number of aromatic amines is 1. The van der Waals surface area contributed by atoms with Crippen LogP contribution < -0.4 is 5.43 Å². The van der Waals surface area contributed by atoms with Gasteiger partial charge >= 0.3 is 5.97 Å². The summed E-state index contributed by atoms with van der Waals surface area (Å²) in [6.45, 7) is 3.50. The van der Waals surface area contributed by atoms with Crippen molar-refractivity contribution in [2.45, 2.75) is 6.42 Å². The highest BCUT2D eigenvalue weighted by Gasteiger charge is 2.07. The van der Waals surface area contributed by atoms with Gasteiger partial charge in [0.1, 0.15) is 5.56 Å².